The number of rotatable bonds is 12. The molecule has 1 amide bonds. The van der Waals surface area contributed by atoms with Gasteiger partial charge in [-0.3, -0.25) is 4.79 Å². The van der Waals surface area contributed by atoms with Crippen molar-refractivity contribution >= 4 is 18.0 Å². The van der Waals surface area contributed by atoms with Crippen molar-refractivity contribution in [2.45, 2.75) is 84.5 Å². The number of unbranched alkanes of at least 4 members (excludes halogenated alkanes) is 1. The zero-order chi connectivity index (χ0) is 24.3. The van der Waals surface area contributed by atoms with E-state index in [-0.39, 0.29) is 18.8 Å². The number of carboxylic acids is 1. The lowest BCUT2D eigenvalue weighted by molar-refractivity contribution is -0.158. The second-order valence-electron chi connectivity index (χ2n) is 8.94. The molecule has 0 saturated heterocycles. The van der Waals surface area contributed by atoms with Crippen molar-refractivity contribution in [1.29, 1.82) is 0 Å². The van der Waals surface area contributed by atoms with Gasteiger partial charge < -0.3 is 24.6 Å². The van der Waals surface area contributed by atoms with Gasteiger partial charge in [-0.2, -0.15) is 0 Å². The summed E-state index contributed by atoms with van der Waals surface area (Å²) >= 11 is 0. The maximum Gasteiger partial charge on any atom is 0.408 e. The van der Waals surface area contributed by atoms with Crippen LogP contribution in [0.25, 0.3) is 0 Å². The van der Waals surface area contributed by atoms with Gasteiger partial charge in [0.15, 0.2) is 0 Å². The molecule has 0 aliphatic heterocycles. The van der Waals surface area contributed by atoms with Gasteiger partial charge in [0.1, 0.15) is 23.5 Å². The first kappa shape index (κ1) is 27.3. The van der Waals surface area contributed by atoms with Gasteiger partial charge in [-0.15, -0.1) is 0 Å². The normalized spacial score (nSPS) is 14.1. The van der Waals surface area contributed by atoms with E-state index in [0.717, 1.165) is 24.8 Å². The van der Waals surface area contributed by atoms with E-state index in [4.69, 9.17) is 14.2 Å². The van der Waals surface area contributed by atoms with Crippen molar-refractivity contribution in [3.63, 3.8) is 0 Å². The number of carboxylic acid groups (broad SMARTS) is 1. The Morgan fingerprint density at radius 3 is 2.25 bits per heavy atom. The summed E-state index contributed by atoms with van der Waals surface area (Å²) in [5.41, 5.74) is 0.0386. The predicted molar refractivity (Wildman–Crippen MR) is 121 cm³/mol. The molecule has 0 fully saturated rings. The number of benzene rings is 1. The Bertz CT molecular complexity index is 740. The van der Waals surface area contributed by atoms with E-state index in [1.54, 1.807) is 52.1 Å². The second-order valence-corrected chi connectivity index (χ2v) is 8.94. The molecule has 0 unspecified atom stereocenters. The van der Waals surface area contributed by atoms with Gasteiger partial charge in [-0.1, -0.05) is 38.8 Å². The standard InChI is InChI=1S/C24H37NO7/c1-7-8-9-16(2)20(15-21(26)27)31-22(28)19(25-23(29)32-24(3,4)5)14-17-10-12-18(30-6)13-11-17/h10-13,16,19-20H,7-9,14-15H2,1-6H3,(H,25,29)(H,26,27)/t16-,19-,20-/m0/s1. The van der Waals surface area contributed by atoms with Gasteiger partial charge in [0, 0.05) is 6.42 Å². The fourth-order valence-corrected chi connectivity index (χ4v) is 3.11. The molecule has 0 heterocycles. The van der Waals surface area contributed by atoms with Gasteiger partial charge in [-0.05, 0) is 50.8 Å². The highest BCUT2D eigenvalue weighted by atomic mass is 16.6. The van der Waals surface area contributed by atoms with Gasteiger partial charge in [-0.25, -0.2) is 9.59 Å². The number of carbonyl (C=O) groups is 3. The molecule has 0 aliphatic rings. The number of amides is 1. The minimum atomic E-state index is -1.04. The highest BCUT2D eigenvalue weighted by Crippen LogP contribution is 2.20. The van der Waals surface area contributed by atoms with Crippen molar-refractivity contribution in [3.05, 3.63) is 29.8 Å². The Morgan fingerprint density at radius 1 is 1.12 bits per heavy atom. The van der Waals surface area contributed by atoms with Crippen LogP contribution in [0, 0.1) is 5.92 Å². The maximum absolute atomic E-state index is 13.0. The fourth-order valence-electron chi connectivity index (χ4n) is 3.11. The van der Waals surface area contributed by atoms with E-state index < -0.39 is 35.8 Å². The predicted octanol–water partition coefficient (Wildman–Crippen LogP) is 4.34. The number of ether oxygens (including phenoxy) is 3. The molecule has 1 aromatic carbocycles. The van der Waals surface area contributed by atoms with Crippen LogP contribution in [-0.2, 0) is 25.5 Å². The van der Waals surface area contributed by atoms with Crippen LogP contribution >= 0.6 is 0 Å². The van der Waals surface area contributed by atoms with Crippen LogP contribution in [0.2, 0.25) is 0 Å². The number of hydrogen-bond donors (Lipinski definition) is 2. The molecule has 3 atom stereocenters. The molecular weight excluding hydrogens is 414 g/mol. The summed E-state index contributed by atoms with van der Waals surface area (Å²) in [6.45, 7) is 9.09. The van der Waals surface area contributed by atoms with Gasteiger partial charge in [0.25, 0.3) is 0 Å². The number of carbonyl (C=O) groups excluding carboxylic acids is 2. The molecule has 0 saturated carbocycles. The highest BCUT2D eigenvalue weighted by molar-refractivity contribution is 5.82. The van der Waals surface area contributed by atoms with E-state index in [9.17, 15) is 19.5 Å². The zero-order valence-electron chi connectivity index (χ0n) is 20.0. The molecule has 8 nitrogen and oxygen atoms in total. The largest absolute Gasteiger partial charge is 0.497 e. The number of aliphatic carboxylic acids is 1. The third kappa shape index (κ3) is 10.5. The molecule has 0 radical (unpaired) electrons. The SMILES string of the molecule is CCCC[C@H](C)[C@H](CC(=O)O)OC(=O)[C@H](Cc1ccc(OC)cc1)NC(=O)OC(C)(C)C. The number of hydrogen-bond acceptors (Lipinski definition) is 6. The van der Waals surface area contributed by atoms with E-state index in [0.29, 0.717) is 5.75 Å². The molecule has 2 N–H and O–H groups in total. The van der Waals surface area contributed by atoms with Crippen LogP contribution in [0.15, 0.2) is 24.3 Å². The average molecular weight is 452 g/mol. The minimum Gasteiger partial charge on any atom is -0.497 e. The summed E-state index contributed by atoms with van der Waals surface area (Å²) in [4.78, 5) is 36.7. The van der Waals surface area contributed by atoms with E-state index in [1.165, 1.54) is 0 Å². The first-order chi connectivity index (χ1) is 14.9. The van der Waals surface area contributed by atoms with Crippen LogP contribution < -0.4 is 10.1 Å². The molecule has 8 heteroatoms. The number of methoxy groups -OCH3 is 1. The Labute approximate surface area is 190 Å². The van der Waals surface area contributed by atoms with Crippen LogP contribution in [-0.4, -0.2) is 48.0 Å². The Kier molecular flexibility index (Phi) is 11.0. The smallest absolute Gasteiger partial charge is 0.408 e. The molecule has 180 valence electrons. The summed E-state index contributed by atoms with van der Waals surface area (Å²) in [7, 11) is 1.56. The molecular formula is C24H37NO7. The average Bonchev–Trinajstić information content (AvgIpc) is 2.69. The van der Waals surface area contributed by atoms with Crippen molar-refractivity contribution in [2.75, 3.05) is 7.11 Å². The fraction of sp³-hybridized carbons (Fsp3) is 0.625. The summed E-state index contributed by atoms with van der Waals surface area (Å²) in [5.74, 6) is -1.20. The molecule has 1 rings (SSSR count). The molecule has 0 aromatic heterocycles. The molecule has 0 bridgehead atoms. The molecule has 1 aromatic rings. The molecule has 32 heavy (non-hydrogen) atoms. The lowest BCUT2D eigenvalue weighted by Crippen LogP contribution is -2.47. The quantitative estimate of drug-likeness (QED) is 0.455. The Hall–Kier alpha value is -2.77. The van der Waals surface area contributed by atoms with Crippen molar-refractivity contribution in [1.82, 2.24) is 5.32 Å². The first-order valence-electron chi connectivity index (χ1n) is 11.0. The van der Waals surface area contributed by atoms with E-state index in [2.05, 4.69) is 5.32 Å². The first-order valence-corrected chi connectivity index (χ1v) is 11.0. The topological polar surface area (TPSA) is 111 Å². The van der Waals surface area contributed by atoms with E-state index in [1.807, 2.05) is 13.8 Å². The summed E-state index contributed by atoms with van der Waals surface area (Å²) in [6, 6.07) is 6.05. The zero-order valence-corrected chi connectivity index (χ0v) is 20.0. The van der Waals surface area contributed by atoms with Crippen molar-refractivity contribution in [3.8, 4) is 5.75 Å². The summed E-state index contributed by atoms with van der Waals surface area (Å²) in [5, 5.41) is 11.9. The van der Waals surface area contributed by atoms with Gasteiger partial charge >= 0.3 is 18.0 Å². The highest BCUT2D eigenvalue weighted by Gasteiger charge is 2.30. The summed E-state index contributed by atoms with van der Waals surface area (Å²) < 4.78 is 16.1. The minimum absolute atomic E-state index is 0.127. The second kappa shape index (κ2) is 12.9. The molecule has 0 aliphatic carbocycles. The van der Waals surface area contributed by atoms with Crippen LogP contribution in [0.5, 0.6) is 5.75 Å². The van der Waals surface area contributed by atoms with Crippen LogP contribution in [0.4, 0.5) is 4.79 Å². The lowest BCUT2D eigenvalue weighted by atomic mass is 9.95. The third-order valence-corrected chi connectivity index (χ3v) is 4.87. The monoisotopic (exact) mass is 451 g/mol. The van der Waals surface area contributed by atoms with Crippen molar-refractivity contribution < 1.29 is 33.7 Å². The number of alkyl carbamates (subject to hydrolysis) is 1. The Balaban J connectivity index is 3.03. The van der Waals surface area contributed by atoms with Crippen LogP contribution in [0.1, 0.15) is 65.9 Å². The Morgan fingerprint density at radius 2 is 1.75 bits per heavy atom. The van der Waals surface area contributed by atoms with Crippen molar-refractivity contribution in [2.24, 2.45) is 5.92 Å². The van der Waals surface area contributed by atoms with Crippen LogP contribution in [0.3, 0.4) is 0 Å². The number of nitrogens with one attached hydrogen (secondary N) is 1. The van der Waals surface area contributed by atoms with E-state index >= 15 is 0 Å². The third-order valence-electron chi connectivity index (χ3n) is 4.87. The van der Waals surface area contributed by atoms with Gasteiger partial charge in [0.05, 0.1) is 13.5 Å². The summed E-state index contributed by atoms with van der Waals surface area (Å²) in [6.07, 6.45) is 0.930. The number of esters is 1. The molecule has 0 spiro atoms. The lowest BCUT2D eigenvalue weighted by Gasteiger charge is -2.27. The van der Waals surface area contributed by atoms with Gasteiger partial charge in [0.2, 0.25) is 0 Å². The maximum atomic E-state index is 13.0.